The number of nitrogens with two attached hydrogens (primary N) is 1. The fraction of sp³-hybridized carbons (Fsp3) is 0.615. The van der Waals surface area contributed by atoms with Crippen molar-refractivity contribution < 1.29 is 0 Å². The quantitative estimate of drug-likeness (QED) is 0.855. The van der Waals surface area contributed by atoms with Crippen LogP contribution >= 0.6 is 0 Å². The molecule has 0 aromatic carbocycles. The molecule has 1 aliphatic rings. The Hall–Kier alpha value is -1.13. The zero-order chi connectivity index (χ0) is 12.4. The molecule has 1 unspecified atom stereocenters. The Morgan fingerprint density at radius 1 is 1.53 bits per heavy atom. The number of nitrogens with zero attached hydrogens (tertiary/aromatic N) is 3. The van der Waals surface area contributed by atoms with Gasteiger partial charge in [-0.15, -0.1) is 0 Å². The van der Waals surface area contributed by atoms with Crippen LogP contribution in [0, 0.1) is 0 Å². The highest BCUT2D eigenvalue weighted by Gasteiger charge is 2.26. The summed E-state index contributed by atoms with van der Waals surface area (Å²) in [4.78, 5) is 9.14. The van der Waals surface area contributed by atoms with Crippen molar-refractivity contribution >= 4 is 5.82 Å². The van der Waals surface area contributed by atoms with Crippen molar-refractivity contribution in [3.8, 4) is 0 Å². The average molecular weight is 234 g/mol. The van der Waals surface area contributed by atoms with Crippen LogP contribution in [0.15, 0.2) is 18.3 Å². The molecule has 4 heteroatoms. The Balaban J connectivity index is 2.18. The fourth-order valence-electron chi connectivity index (χ4n) is 2.38. The van der Waals surface area contributed by atoms with Crippen molar-refractivity contribution in [2.45, 2.75) is 25.4 Å². The second-order valence-corrected chi connectivity index (χ2v) is 5.06. The van der Waals surface area contributed by atoms with E-state index in [1.165, 1.54) is 6.42 Å². The van der Waals surface area contributed by atoms with E-state index in [0.29, 0.717) is 6.04 Å². The van der Waals surface area contributed by atoms with Gasteiger partial charge < -0.3 is 15.5 Å². The van der Waals surface area contributed by atoms with Gasteiger partial charge in [0.1, 0.15) is 5.82 Å². The number of rotatable bonds is 3. The Labute approximate surface area is 103 Å². The first-order valence-corrected chi connectivity index (χ1v) is 6.21. The molecule has 1 aliphatic heterocycles. The molecule has 2 N–H and O–H groups in total. The Kier molecular flexibility index (Phi) is 3.64. The van der Waals surface area contributed by atoms with Crippen molar-refractivity contribution in [3.05, 3.63) is 23.9 Å². The summed E-state index contributed by atoms with van der Waals surface area (Å²) in [7, 11) is 4.28. The van der Waals surface area contributed by atoms with Crippen LogP contribution in [0.3, 0.4) is 0 Å². The van der Waals surface area contributed by atoms with Crippen LogP contribution in [0.25, 0.3) is 0 Å². The molecule has 1 aromatic rings. The lowest BCUT2D eigenvalue weighted by Crippen LogP contribution is -2.32. The molecule has 0 saturated carbocycles. The van der Waals surface area contributed by atoms with E-state index in [2.05, 4.69) is 34.9 Å². The van der Waals surface area contributed by atoms with Crippen LogP contribution in [-0.2, 0) is 0 Å². The maximum Gasteiger partial charge on any atom is 0.133 e. The smallest absolute Gasteiger partial charge is 0.133 e. The number of anilines is 1. The summed E-state index contributed by atoms with van der Waals surface area (Å²) in [6.45, 7) is 4.13. The summed E-state index contributed by atoms with van der Waals surface area (Å²) in [6.07, 6.45) is 3.05. The minimum atomic E-state index is 0.0390. The molecule has 0 amide bonds. The van der Waals surface area contributed by atoms with Crippen LogP contribution in [0.5, 0.6) is 0 Å². The Morgan fingerprint density at radius 3 is 2.88 bits per heavy atom. The van der Waals surface area contributed by atoms with Gasteiger partial charge in [-0.2, -0.15) is 0 Å². The van der Waals surface area contributed by atoms with Crippen molar-refractivity contribution in [1.29, 1.82) is 0 Å². The molecule has 1 aromatic heterocycles. The number of pyridine rings is 1. The van der Waals surface area contributed by atoms with Gasteiger partial charge in [-0.1, -0.05) is 6.07 Å². The van der Waals surface area contributed by atoms with Gasteiger partial charge in [0.2, 0.25) is 0 Å². The normalized spacial score (nSPS) is 22.2. The first kappa shape index (κ1) is 12.3. The van der Waals surface area contributed by atoms with Gasteiger partial charge in [0.25, 0.3) is 0 Å². The fourth-order valence-corrected chi connectivity index (χ4v) is 2.38. The maximum absolute atomic E-state index is 6.00. The highest BCUT2D eigenvalue weighted by atomic mass is 15.3. The van der Waals surface area contributed by atoms with Crippen LogP contribution in [0.2, 0.25) is 0 Å². The molecule has 0 bridgehead atoms. The predicted octanol–water partition coefficient (Wildman–Crippen LogP) is 1.24. The van der Waals surface area contributed by atoms with E-state index in [1.54, 1.807) is 0 Å². The van der Waals surface area contributed by atoms with Crippen LogP contribution in [0.1, 0.15) is 24.9 Å². The summed E-state index contributed by atoms with van der Waals surface area (Å²) < 4.78 is 0. The van der Waals surface area contributed by atoms with Crippen molar-refractivity contribution in [1.82, 2.24) is 9.88 Å². The van der Waals surface area contributed by atoms with Crippen LogP contribution < -0.4 is 10.6 Å². The third kappa shape index (κ3) is 2.58. The lowest BCUT2D eigenvalue weighted by atomic mass is 10.1. The summed E-state index contributed by atoms with van der Waals surface area (Å²) in [5, 5.41) is 0. The van der Waals surface area contributed by atoms with E-state index in [-0.39, 0.29) is 6.04 Å². The molecule has 2 atom stereocenters. The minimum Gasteiger partial charge on any atom is -0.355 e. The molecule has 2 rings (SSSR count). The molecule has 94 valence electrons. The van der Waals surface area contributed by atoms with Crippen molar-refractivity contribution in [2.75, 3.05) is 32.1 Å². The molecule has 2 heterocycles. The third-order valence-corrected chi connectivity index (χ3v) is 3.50. The Morgan fingerprint density at radius 2 is 2.29 bits per heavy atom. The van der Waals surface area contributed by atoms with E-state index in [4.69, 9.17) is 5.73 Å². The first-order valence-electron chi connectivity index (χ1n) is 6.21. The zero-order valence-corrected chi connectivity index (χ0v) is 10.9. The van der Waals surface area contributed by atoms with Gasteiger partial charge >= 0.3 is 0 Å². The second kappa shape index (κ2) is 5.02. The minimum absolute atomic E-state index is 0.0390. The molecule has 1 fully saturated rings. The van der Waals surface area contributed by atoms with Gasteiger partial charge in [0.05, 0.1) is 0 Å². The van der Waals surface area contributed by atoms with E-state index in [0.717, 1.165) is 24.5 Å². The maximum atomic E-state index is 6.00. The lowest BCUT2D eigenvalue weighted by molar-refractivity contribution is 0.315. The van der Waals surface area contributed by atoms with Gasteiger partial charge in [0.15, 0.2) is 0 Å². The monoisotopic (exact) mass is 234 g/mol. The van der Waals surface area contributed by atoms with E-state index in [9.17, 15) is 0 Å². The largest absolute Gasteiger partial charge is 0.355 e. The summed E-state index contributed by atoms with van der Waals surface area (Å²) in [5.74, 6) is 1.06. The van der Waals surface area contributed by atoms with Crippen LogP contribution in [-0.4, -0.2) is 43.1 Å². The standard InChI is InChI=1S/C13H22N4/c1-10(14)12-5-4-7-15-13(12)17-8-6-11(9-17)16(2)3/h4-5,7,10-11H,6,8-9,14H2,1-3H3/t10-,11?/m0/s1. The highest BCUT2D eigenvalue weighted by Crippen LogP contribution is 2.26. The Bertz CT molecular complexity index is 375. The number of hydrogen-bond donors (Lipinski definition) is 1. The topological polar surface area (TPSA) is 45.4 Å². The molecule has 0 radical (unpaired) electrons. The SMILES string of the molecule is C[C@H](N)c1cccnc1N1CCC(N(C)C)C1. The van der Waals surface area contributed by atoms with Gasteiger partial charge in [-0.05, 0) is 33.5 Å². The first-order chi connectivity index (χ1) is 8.09. The summed E-state index contributed by atoms with van der Waals surface area (Å²) in [5.41, 5.74) is 7.14. The summed E-state index contributed by atoms with van der Waals surface area (Å²) in [6, 6.07) is 4.70. The summed E-state index contributed by atoms with van der Waals surface area (Å²) >= 11 is 0. The van der Waals surface area contributed by atoms with Crippen LogP contribution in [0.4, 0.5) is 5.82 Å². The molecule has 1 saturated heterocycles. The number of aromatic nitrogens is 1. The second-order valence-electron chi connectivity index (χ2n) is 5.06. The number of likely N-dealkylation sites (N-methyl/N-ethyl adjacent to an activating group) is 1. The third-order valence-electron chi connectivity index (χ3n) is 3.50. The molecule has 4 nitrogen and oxygen atoms in total. The molecular formula is C13H22N4. The van der Waals surface area contributed by atoms with E-state index in [1.807, 2.05) is 19.2 Å². The van der Waals surface area contributed by atoms with Gasteiger partial charge in [-0.3, -0.25) is 0 Å². The van der Waals surface area contributed by atoms with E-state index >= 15 is 0 Å². The van der Waals surface area contributed by atoms with Crippen molar-refractivity contribution in [2.24, 2.45) is 5.73 Å². The number of hydrogen-bond acceptors (Lipinski definition) is 4. The zero-order valence-electron chi connectivity index (χ0n) is 10.9. The van der Waals surface area contributed by atoms with E-state index < -0.39 is 0 Å². The molecular weight excluding hydrogens is 212 g/mol. The van der Waals surface area contributed by atoms with Gasteiger partial charge in [-0.25, -0.2) is 4.98 Å². The lowest BCUT2D eigenvalue weighted by Gasteiger charge is -2.23. The highest BCUT2D eigenvalue weighted by molar-refractivity contribution is 5.49. The molecule has 17 heavy (non-hydrogen) atoms. The van der Waals surface area contributed by atoms with Gasteiger partial charge in [0, 0.05) is 36.9 Å². The predicted molar refractivity (Wildman–Crippen MR) is 71.1 cm³/mol. The molecule has 0 spiro atoms. The molecule has 0 aliphatic carbocycles. The average Bonchev–Trinajstić information content (AvgIpc) is 2.78. The van der Waals surface area contributed by atoms with Crippen molar-refractivity contribution in [3.63, 3.8) is 0 Å².